The van der Waals surface area contributed by atoms with Crippen LogP contribution in [-0.4, -0.2) is 36.3 Å². The van der Waals surface area contributed by atoms with Crippen LogP contribution in [0.15, 0.2) is 6.07 Å². The molecule has 3 heterocycles. The summed E-state index contributed by atoms with van der Waals surface area (Å²) in [6.45, 7) is 14.0. The number of nitrogens with zero attached hydrogens (tertiary/aromatic N) is 1. The second-order valence-corrected chi connectivity index (χ2v) is 7.97. The van der Waals surface area contributed by atoms with Crippen LogP contribution in [-0.2, 0) is 22.3 Å². The number of rotatable bonds is 2. The van der Waals surface area contributed by atoms with E-state index in [0.717, 1.165) is 19.5 Å². The lowest BCUT2D eigenvalue weighted by molar-refractivity contribution is 0.00578. The molecule has 0 saturated carbocycles. The summed E-state index contributed by atoms with van der Waals surface area (Å²) in [5.41, 5.74) is 0.985. The van der Waals surface area contributed by atoms with Crippen LogP contribution in [0.2, 0.25) is 0 Å². The second-order valence-electron chi connectivity index (χ2n) is 6.80. The molecule has 0 aromatic carbocycles. The van der Waals surface area contributed by atoms with Crippen molar-refractivity contribution in [1.29, 1.82) is 0 Å². The first-order valence-corrected chi connectivity index (χ1v) is 8.33. The van der Waals surface area contributed by atoms with Crippen LogP contribution in [0, 0.1) is 0 Å². The van der Waals surface area contributed by atoms with Crippen LogP contribution >= 0.6 is 11.3 Å². The zero-order valence-electron chi connectivity index (χ0n) is 13.2. The van der Waals surface area contributed by atoms with Crippen molar-refractivity contribution in [2.24, 2.45) is 0 Å². The Morgan fingerprint density at radius 3 is 2.50 bits per heavy atom. The van der Waals surface area contributed by atoms with E-state index in [1.54, 1.807) is 0 Å². The summed E-state index contributed by atoms with van der Waals surface area (Å²) >= 11 is 1.86. The first-order valence-electron chi connectivity index (χ1n) is 7.52. The van der Waals surface area contributed by atoms with Crippen molar-refractivity contribution in [3.63, 3.8) is 0 Å². The Balaban J connectivity index is 1.82. The summed E-state index contributed by atoms with van der Waals surface area (Å²) in [4.78, 5) is 3.98. The topological polar surface area (TPSA) is 21.7 Å². The Morgan fingerprint density at radius 2 is 1.90 bits per heavy atom. The first kappa shape index (κ1) is 14.6. The van der Waals surface area contributed by atoms with E-state index in [4.69, 9.17) is 9.31 Å². The van der Waals surface area contributed by atoms with Crippen molar-refractivity contribution < 1.29 is 9.31 Å². The molecule has 20 heavy (non-hydrogen) atoms. The minimum atomic E-state index is -0.252. The molecule has 3 rings (SSSR count). The minimum Gasteiger partial charge on any atom is -0.399 e. The molecule has 1 fully saturated rings. The van der Waals surface area contributed by atoms with Gasteiger partial charge in [0.1, 0.15) is 0 Å². The van der Waals surface area contributed by atoms with Gasteiger partial charge in [-0.15, -0.1) is 11.3 Å². The Morgan fingerprint density at radius 1 is 1.25 bits per heavy atom. The third kappa shape index (κ3) is 2.35. The smallest absolute Gasteiger partial charge is 0.399 e. The Hall–Kier alpha value is -0.355. The molecule has 2 aliphatic rings. The van der Waals surface area contributed by atoms with Gasteiger partial charge in [0.15, 0.2) is 0 Å². The number of hydrogen-bond donors (Lipinski definition) is 0. The molecule has 0 atom stereocenters. The summed E-state index contributed by atoms with van der Waals surface area (Å²) in [5, 5.41) is 0. The van der Waals surface area contributed by atoms with E-state index in [-0.39, 0.29) is 18.3 Å². The van der Waals surface area contributed by atoms with Crippen LogP contribution < -0.4 is 4.78 Å². The maximum absolute atomic E-state index is 6.16. The average Bonchev–Trinajstić information content (AvgIpc) is 2.87. The second kappa shape index (κ2) is 4.84. The highest BCUT2D eigenvalue weighted by Crippen LogP contribution is 2.37. The molecular formula is C15H24BNO2S. The van der Waals surface area contributed by atoms with Gasteiger partial charge in [-0.2, -0.15) is 0 Å². The van der Waals surface area contributed by atoms with E-state index >= 15 is 0 Å². The maximum Gasteiger partial charge on any atom is 0.505 e. The number of likely N-dealkylation sites (N-methyl/N-ethyl adjacent to an activating group) is 1. The lowest BCUT2D eigenvalue weighted by Crippen LogP contribution is -2.41. The zero-order chi connectivity index (χ0) is 14.5. The minimum absolute atomic E-state index is 0.203. The molecule has 0 radical (unpaired) electrons. The van der Waals surface area contributed by atoms with E-state index in [9.17, 15) is 0 Å². The monoisotopic (exact) mass is 293 g/mol. The lowest BCUT2D eigenvalue weighted by atomic mass is 9.87. The van der Waals surface area contributed by atoms with E-state index in [1.807, 2.05) is 11.3 Å². The Bertz CT molecular complexity index is 496. The first-order chi connectivity index (χ1) is 9.32. The van der Waals surface area contributed by atoms with Crippen molar-refractivity contribution in [2.75, 3.05) is 13.1 Å². The number of fused-ring (bicyclic) bond motifs is 1. The molecule has 1 aromatic heterocycles. The molecule has 3 nitrogen and oxygen atoms in total. The van der Waals surface area contributed by atoms with Crippen LogP contribution in [0.3, 0.4) is 0 Å². The Labute approximate surface area is 126 Å². The van der Waals surface area contributed by atoms with Crippen LogP contribution in [0.1, 0.15) is 45.1 Å². The molecule has 0 bridgehead atoms. The lowest BCUT2D eigenvalue weighted by Gasteiger charge is -2.32. The van der Waals surface area contributed by atoms with Crippen molar-refractivity contribution in [2.45, 2.75) is 58.8 Å². The predicted octanol–water partition coefficient (Wildman–Crippen LogP) is 2.43. The van der Waals surface area contributed by atoms with Crippen molar-refractivity contribution in [3.05, 3.63) is 16.5 Å². The van der Waals surface area contributed by atoms with Gasteiger partial charge >= 0.3 is 7.12 Å². The zero-order valence-corrected chi connectivity index (χ0v) is 14.0. The molecule has 1 saturated heterocycles. The van der Waals surface area contributed by atoms with Gasteiger partial charge in [-0.3, -0.25) is 4.90 Å². The molecule has 1 aromatic rings. The van der Waals surface area contributed by atoms with Gasteiger partial charge in [0.25, 0.3) is 0 Å². The predicted molar refractivity (Wildman–Crippen MR) is 84.7 cm³/mol. The van der Waals surface area contributed by atoms with Crippen LogP contribution in [0.25, 0.3) is 0 Å². The van der Waals surface area contributed by atoms with Crippen LogP contribution in [0.5, 0.6) is 0 Å². The standard InChI is InChI=1S/C15H24BNO2S/c1-6-17-8-7-11-9-13(20-12(11)10-17)16-18-14(2,3)15(4,5)19-16/h9H,6-8,10H2,1-5H3. The van der Waals surface area contributed by atoms with Gasteiger partial charge in [-0.25, -0.2) is 0 Å². The van der Waals surface area contributed by atoms with Gasteiger partial charge in [0, 0.05) is 22.7 Å². The SMILES string of the molecule is CCN1CCc2cc(B3OC(C)(C)C(C)(C)O3)sc2C1. The van der Waals surface area contributed by atoms with Gasteiger partial charge in [0.05, 0.1) is 11.2 Å². The quantitative estimate of drug-likeness (QED) is 0.782. The molecular weight excluding hydrogens is 269 g/mol. The summed E-state index contributed by atoms with van der Waals surface area (Å²) in [6, 6.07) is 2.30. The molecule has 110 valence electrons. The molecule has 0 N–H and O–H groups in total. The van der Waals surface area contributed by atoms with E-state index in [2.05, 4.69) is 45.6 Å². The van der Waals surface area contributed by atoms with E-state index < -0.39 is 0 Å². The fourth-order valence-corrected chi connectivity index (χ4v) is 3.96. The maximum atomic E-state index is 6.16. The van der Waals surface area contributed by atoms with E-state index in [0.29, 0.717) is 0 Å². The van der Waals surface area contributed by atoms with Gasteiger partial charge in [-0.05, 0) is 52.3 Å². The Kier molecular flexibility index (Phi) is 3.52. The summed E-state index contributed by atoms with van der Waals surface area (Å²) < 4.78 is 13.5. The number of thiophene rings is 1. The molecule has 0 unspecified atom stereocenters. The molecule has 5 heteroatoms. The molecule has 2 aliphatic heterocycles. The van der Waals surface area contributed by atoms with Gasteiger partial charge in [-0.1, -0.05) is 6.92 Å². The normalized spacial score (nSPS) is 24.9. The van der Waals surface area contributed by atoms with Crippen molar-refractivity contribution in [1.82, 2.24) is 4.90 Å². The van der Waals surface area contributed by atoms with Gasteiger partial charge in [0.2, 0.25) is 0 Å². The number of hydrogen-bond acceptors (Lipinski definition) is 4. The highest BCUT2D eigenvalue weighted by atomic mass is 32.1. The fraction of sp³-hybridized carbons (Fsp3) is 0.733. The van der Waals surface area contributed by atoms with E-state index in [1.165, 1.54) is 21.8 Å². The molecule has 0 aliphatic carbocycles. The largest absolute Gasteiger partial charge is 0.505 e. The summed E-state index contributed by atoms with van der Waals surface area (Å²) in [7, 11) is -0.203. The highest BCUT2D eigenvalue weighted by molar-refractivity contribution is 7.22. The highest BCUT2D eigenvalue weighted by Gasteiger charge is 2.52. The summed E-state index contributed by atoms with van der Waals surface area (Å²) in [6.07, 6.45) is 1.15. The third-order valence-electron chi connectivity index (χ3n) is 4.91. The summed E-state index contributed by atoms with van der Waals surface area (Å²) in [5.74, 6) is 0. The van der Waals surface area contributed by atoms with Crippen molar-refractivity contribution >= 4 is 23.2 Å². The van der Waals surface area contributed by atoms with Crippen LogP contribution in [0.4, 0.5) is 0 Å². The molecule has 0 amide bonds. The third-order valence-corrected chi connectivity index (χ3v) is 6.10. The fourth-order valence-electron chi connectivity index (χ4n) is 2.74. The molecule has 0 spiro atoms. The van der Waals surface area contributed by atoms with Crippen molar-refractivity contribution in [3.8, 4) is 0 Å². The average molecular weight is 293 g/mol. The van der Waals surface area contributed by atoms with Gasteiger partial charge < -0.3 is 9.31 Å².